The van der Waals surface area contributed by atoms with Gasteiger partial charge in [-0.3, -0.25) is 0 Å². The van der Waals surface area contributed by atoms with Gasteiger partial charge in [-0.05, 0) is 59.5 Å². The van der Waals surface area contributed by atoms with Crippen molar-refractivity contribution in [2.24, 2.45) is 0 Å². The van der Waals surface area contributed by atoms with E-state index in [2.05, 4.69) is 103 Å². The van der Waals surface area contributed by atoms with Crippen LogP contribution in [0.4, 0.5) is 0 Å². The average Bonchev–Trinajstić information content (AvgIpc) is 3.18. The number of nitrogens with zero attached hydrogens (tertiary/aromatic N) is 1. The van der Waals surface area contributed by atoms with E-state index in [1.54, 1.807) is 7.11 Å². The molecule has 0 amide bonds. The maximum atomic E-state index is 7.06. The predicted molar refractivity (Wildman–Crippen MR) is 168 cm³/mol. The van der Waals surface area contributed by atoms with E-state index in [1.165, 1.54) is 40.8 Å². The van der Waals surface area contributed by atoms with Crippen molar-refractivity contribution in [3.63, 3.8) is 0 Å². The summed E-state index contributed by atoms with van der Waals surface area (Å²) in [4.78, 5) is 0. The molecule has 0 aliphatic heterocycles. The Bertz CT molecular complexity index is 1770. The van der Waals surface area contributed by atoms with Crippen molar-refractivity contribution in [2.75, 3.05) is 11.8 Å². The summed E-state index contributed by atoms with van der Waals surface area (Å²) in [5.74, 6) is 0.901. The molecule has 1 saturated carbocycles. The first kappa shape index (κ1) is 25.3. The van der Waals surface area contributed by atoms with Gasteiger partial charge in [0, 0.05) is 28.4 Å². The van der Waals surface area contributed by atoms with Gasteiger partial charge in [-0.1, -0.05) is 98.1 Å². The molecular weight excluding hydrogens is 513 g/mol. The Morgan fingerprint density at radius 3 is 1.85 bits per heavy atom. The molecule has 0 N–H and O–H groups in total. The van der Waals surface area contributed by atoms with E-state index in [1.807, 2.05) is 6.07 Å². The van der Waals surface area contributed by atoms with Gasteiger partial charge in [0.05, 0.1) is 7.11 Å². The fourth-order valence-electron chi connectivity index (χ4n) is 6.54. The van der Waals surface area contributed by atoms with Crippen LogP contribution in [-0.4, -0.2) is 13.2 Å². The lowest BCUT2D eigenvalue weighted by Crippen LogP contribution is -2.36. The molecule has 5 aromatic carbocycles. The fraction of sp³-hybridized carbons (Fsp3) is 0.257. The van der Waals surface area contributed by atoms with Gasteiger partial charge in [0.25, 0.3) is 0 Å². The second-order valence-corrected chi connectivity index (χ2v) is 12.1. The zero-order valence-corrected chi connectivity index (χ0v) is 23.9. The minimum atomic E-state index is -1.47. The molecule has 0 radical (unpaired) electrons. The van der Waals surface area contributed by atoms with Gasteiger partial charge in [-0.25, -0.2) is 0 Å². The molecule has 1 atom stereocenters. The van der Waals surface area contributed by atoms with Crippen molar-refractivity contribution < 1.29 is 13.1 Å². The normalized spacial score (nSPS) is 15.3. The molecule has 1 aliphatic rings. The van der Waals surface area contributed by atoms with E-state index in [4.69, 9.17) is 13.1 Å². The molecule has 0 saturated heterocycles. The van der Waals surface area contributed by atoms with Crippen LogP contribution in [0.1, 0.15) is 50.6 Å². The van der Waals surface area contributed by atoms with Crippen LogP contribution in [0.25, 0.3) is 43.5 Å². The zero-order valence-electron chi connectivity index (χ0n) is 23.0. The minimum Gasteiger partial charge on any atom is -0.496 e. The fourth-order valence-corrected chi connectivity index (χ4v) is 8.31. The van der Waals surface area contributed by atoms with Crippen molar-refractivity contribution >= 4 is 51.6 Å². The van der Waals surface area contributed by atoms with Crippen molar-refractivity contribution in [1.82, 2.24) is 0 Å². The van der Waals surface area contributed by atoms with Crippen LogP contribution < -0.4 is 9.41 Å². The second-order valence-electron chi connectivity index (χ2n) is 10.8. The molecule has 1 aromatic heterocycles. The van der Waals surface area contributed by atoms with Gasteiger partial charge in [0.1, 0.15) is 16.9 Å². The number of methoxy groups -OCH3 is 1. The summed E-state index contributed by atoms with van der Waals surface area (Å²) < 4.78 is 22.5. The summed E-state index contributed by atoms with van der Waals surface area (Å²) >= 11 is 0. The Hall–Kier alpha value is -3.72. The standard InChI is InChI=1S/C35H34NO3P/c1-24(28-16-10-11-19-31(28)37-2)36(27-14-4-3-5-15-27)40-38-32-22-20-25-12-6-8-17-29(25)34(32)35-30-18-9-7-13-26(30)21-23-33(35)39-40/h6-13,16-24,27H,3-5,14-15H2,1-2H3/t24-/m0/s1. The molecule has 0 spiro atoms. The third-order valence-electron chi connectivity index (χ3n) is 8.51. The van der Waals surface area contributed by atoms with E-state index >= 15 is 0 Å². The zero-order chi connectivity index (χ0) is 27.1. The SMILES string of the molecule is COc1ccccc1[C@H](C)N(C1CCCCC1)p1oc2ccc3ccccc3c2c2c(ccc3ccccc32)o1. The summed E-state index contributed by atoms with van der Waals surface area (Å²) in [5, 5.41) is 6.98. The van der Waals surface area contributed by atoms with Gasteiger partial charge < -0.3 is 13.1 Å². The average molecular weight is 548 g/mol. The summed E-state index contributed by atoms with van der Waals surface area (Å²) in [5.41, 5.74) is 2.92. The molecule has 5 heteroatoms. The third kappa shape index (κ3) is 4.36. The quantitative estimate of drug-likeness (QED) is 0.215. The van der Waals surface area contributed by atoms with Gasteiger partial charge >= 0.3 is 8.16 Å². The Morgan fingerprint density at radius 1 is 0.700 bits per heavy atom. The highest BCUT2D eigenvalue weighted by atomic mass is 31.1. The van der Waals surface area contributed by atoms with Crippen LogP contribution in [0.15, 0.2) is 105 Å². The van der Waals surface area contributed by atoms with Gasteiger partial charge in [-0.2, -0.15) is 4.67 Å². The highest BCUT2D eigenvalue weighted by Gasteiger charge is 2.33. The maximum Gasteiger partial charge on any atom is 0.310 e. The lowest BCUT2D eigenvalue weighted by molar-refractivity contribution is 0.385. The van der Waals surface area contributed by atoms with Crippen molar-refractivity contribution in [2.45, 2.75) is 51.1 Å². The molecule has 1 heterocycles. The monoisotopic (exact) mass is 547 g/mol. The maximum absolute atomic E-state index is 7.06. The number of hydrogen-bond acceptors (Lipinski definition) is 4. The van der Waals surface area contributed by atoms with E-state index in [-0.39, 0.29) is 6.04 Å². The van der Waals surface area contributed by atoms with E-state index in [0.717, 1.165) is 46.1 Å². The molecule has 0 bridgehead atoms. The van der Waals surface area contributed by atoms with Gasteiger partial charge in [-0.15, -0.1) is 0 Å². The van der Waals surface area contributed by atoms with Crippen molar-refractivity contribution in [3.8, 4) is 5.75 Å². The van der Waals surface area contributed by atoms with Crippen LogP contribution >= 0.6 is 8.16 Å². The summed E-state index contributed by atoms with van der Waals surface area (Å²) in [6, 6.07) is 34.6. The van der Waals surface area contributed by atoms with Crippen molar-refractivity contribution in [1.29, 1.82) is 0 Å². The molecule has 1 fully saturated rings. The number of benzene rings is 5. The second kappa shape index (κ2) is 10.7. The van der Waals surface area contributed by atoms with E-state index in [9.17, 15) is 0 Å². The van der Waals surface area contributed by atoms with Crippen LogP contribution in [-0.2, 0) is 0 Å². The smallest absolute Gasteiger partial charge is 0.310 e. The van der Waals surface area contributed by atoms with Gasteiger partial charge in [0.2, 0.25) is 0 Å². The molecular formula is C35H34NO3P. The number of hydrogen-bond donors (Lipinski definition) is 0. The number of fused-ring (bicyclic) bond motifs is 7. The number of para-hydroxylation sites is 1. The molecule has 202 valence electrons. The van der Waals surface area contributed by atoms with Gasteiger partial charge in [0.15, 0.2) is 0 Å². The Labute approximate surface area is 235 Å². The summed E-state index contributed by atoms with van der Waals surface area (Å²) in [7, 11) is 0.282. The largest absolute Gasteiger partial charge is 0.496 e. The van der Waals surface area contributed by atoms with Crippen LogP contribution in [0, 0.1) is 0 Å². The van der Waals surface area contributed by atoms with Crippen LogP contribution in [0.2, 0.25) is 0 Å². The molecule has 7 rings (SSSR count). The molecule has 6 aromatic rings. The molecule has 4 nitrogen and oxygen atoms in total. The third-order valence-corrected chi connectivity index (χ3v) is 10.3. The van der Waals surface area contributed by atoms with Crippen LogP contribution in [0.5, 0.6) is 5.75 Å². The number of ether oxygens (including phenoxy) is 1. The van der Waals surface area contributed by atoms with E-state index < -0.39 is 8.16 Å². The van der Waals surface area contributed by atoms with E-state index in [0.29, 0.717) is 6.04 Å². The Balaban J connectivity index is 1.57. The number of rotatable bonds is 5. The minimum absolute atomic E-state index is 0.0521. The molecule has 1 aliphatic carbocycles. The Kier molecular flexibility index (Phi) is 6.75. The molecule has 40 heavy (non-hydrogen) atoms. The first-order valence-corrected chi connectivity index (χ1v) is 15.5. The first-order chi connectivity index (χ1) is 19.7. The highest BCUT2D eigenvalue weighted by Crippen LogP contribution is 2.47. The summed E-state index contributed by atoms with van der Waals surface area (Å²) in [6.45, 7) is 2.27. The highest BCUT2D eigenvalue weighted by molar-refractivity contribution is 7.39. The lowest BCUT2D eigenvalue weighted by atomic mass is 9.94. The predicted octanol–water partition coefficient (Wildman–Crippen LogP) is 10.6. The first-order valence-electron chi connectivity index (χ1n) is 14.3. The topological polar surface area (TPSA) is 38.8 Å². The lowest BCUT2D eigenvalue weighted by Gasteiger charge is -2.36. The Morgan fingerprint density at radius 2 is 1.25 bits per heavy atom. The summed E-state index contributed by atoms with van der Waals surface area (Å²) in [6.07, 6.45) is 6.02. The molecule has 0 unspecified atom stereocenters. The van der Waals surface area contributed by atoms with Crippen molar-refractivity contribution in [3.05, 3.63) is 103 Å². The van der Waals surface area contributed by atoms with Crippen LogP contribution in [0.3, 0.4) is 0 Å².